The van der Waals surface area contributed by atoms with Gasteiger partial charge in [0.2, 0.25) is 5.91 Å². The molecule has 0 aromatic carbocycles. The second-order valence-corrected chi connectivity index (χ2v) is 19.7. The summed E-state index contributed by atoms with van der Waals surface area (Å²) >= 11 is 0. The molecule has 64 heavy (non-hydrogen) atoms. The summed E-state index contributed by atoms with van der Waals surface area (Å²) in [6.07, 6.45) is 61.0. The summed E-state index contributed by atoms with van der Waals surface area (Å²) in [6.45, 7) is 6.51. The standard InChI is InChI=1S/C58H111NO5/c1-4-7-10-13-16-19-22-25-27-29-30-32-35-38-41-44-47-50-56(61)55(53-60)59-57(62)52-54(49-46-43-40-37-34-24-21-18-15-12-9-6-3)64-58(63)51-48-45-42-39-36-33-31-28-26-23-20-17-14-11-8-5-2/h28,31,33,36,54-56,60-61H,4-27,29-30,32,34-35,37-53H2,1-3H3,(H,59,62)/b31-28+,36-33+. The smallest absolute Gasteiger partial charge is 0.306 e. The molecule has 0 bridgehead atoms. The van der Waals surface area contributed by atoms with E-state index >= 15 is 0 Å². The fourth-order valence-electron chi connectivity index (χ4n) is 8.95. The lowest BCUT2D eigenvalue weighted by atomic mass is 10.0. The predicted molar refractivity (Wildman–Crippen MR) is 278 cm³/mol. The maximum absolute atomic E-state index is 13.2. The second-order valence-electron chi connectivity index (χ2n) is 19.7. The van der Waals surface area contributed by atoms with Crippen LogP contribution in [0.25, 0.3) is 0 Å². The van der Waals surface area contributed by atoms with Gasteiger partial charge in [0, 0.05) is 6.42 Å². The lowest BCUT2D eigenvalue weighted by Crippen LogP contribution is -2.46. The average molecular weight is 903 g/mol. The number of ether oxygens (including phenoxy) is 1. The number of hydrogen-bond donors (Lipinski definition) is 3. The maximum atomic E-state index is 13.2. The monoisotopic (exact) mass is 902 g/mol. The molecule has 6 nitrogen and oxygen atoms in total. The van der Waals surface area contributed by atoms with E-state index in [-0.39, 0.29) is 24.9 Å². The molecule has 0 heterocycles. The molecule has 0 saturated carbocycles. The van der Waals surface area contributed by atoms with Gasteiger partial charge in [-0.3, -0.25) is 9.59 Å². The van der Waals surface area contributed by atoms with Gasteiger partial charge in [-0.15, -0.1) is 0 Å². The Hall–Kier alpha value is -1.66. The molecule has 0 spiro atoms. The molecule has 3 N–H and O–H groups in total. The minimum absolute atomic E-state index is 0.0728. The van der Waals surface area contributed by atoms with Gasteiger partial charge in [0.15, 0.2) is 0 Å². The highest BCUT2D eigenvalue weighted by Gasteiger charge is 2.24. The molecule has 0 saturated heterocycles. The van der Waals surface area contributed by atoms with E-state index < -0.39 is 18.2 Å². The van der Waals surface area contributed by atoms with Crippen LogP contribution < -0.4 is 5.32 Å². The summed E-state index contributed by atoms with van der Waals surface area (Å²) in [6, 6.07) is -0.703. The van der Waals surface area contributed by atoms with E-state index in [0.29, 0.717) is 19.3 Å². The van der Waals surface area contributed by atoms with Crippen LogP contribution in [0.3, 0.4) is 0 Å². The fourth-order valence-corrected chi connectivity index (χ4v) is 8.95. The number of allylic oxidation sites excluding steroid dienone is 4. The van der Waals surface area contributed by atoms with Crippen LogP contribution in [0.4, 0.5) is 0 Å². The first-order valence-corrected chi connectivity index (χ1v) is 28.6. The van der Waals surface area contributed by atoms with Crippen LogP contribution in [0, 0.1) is 0 Å². The molecule has 3 atom stereocenters. The van der Waals surface area contributed by atoms with E-state index in [1.807, 2.05) is 0 Å². The number of aliphatic hydroxyl groups excluding tert-OH is 2. The van der Waals surface area contributed by atoms with Gasteiger partial charge in [0.05, 0.1) is 25.2 Å². The number of aliphatic hydroxyl groups is 2. The number of unbranched alkanes of at least 4 members (excludes halogenated alkanes) is 37. The molecule has 0 radical (unpaired) electrons. The van der Waals surface area contributed by atoms with Crippen molar-refractivity contribution < 1.29 is 24.5 Å². The Kier molecular flexibility index (Phi) is 51.0. The lowest BCUT2D eigenvalue weighted by Gasteiger charge is -2.24. The molecule has 0 aliphatic carbocycles. The van der Waals surface area contributed by atoms with E-state index in [2.05, 4.69) is 50.4 Å². The molecule has 378 valence electrons. The lowest BCUT2D eigenvalue weighted by molar-refractivity contribution is -0.151. The zero-order valence-electron chi connectivity index (χ0n) is 43.2. The van der Waals surface area contributed by atoms with Crippen molar-refractivity contribution in [2.45, 2.75) is 328 Å². The summed E-state index contributed by atoms with van der Waals surface area (Å²) in [7, 11) is 0. The minimum Gasteiger partial charge on any atom is -0.462 e. The number of nitrogens with one attached hydrogen (secondary N) is 1. The van der Waals surface area contributed by atoms with E-state index in [1.54, 1.807) is 0 Å². The van der Waals surface area contributed by atoms with E-state index in [0.717, 1.165) is 57.8 Å². The molecule has 0 aliphatic rings. The molecule has 0 aliphatic heterocycles. The largest absolute Gasteiger partial charge is 0.462 e. The molecule has 0 aromatic heterocycles. The Bertz CT molecular complexity index is 1010. The number of rotatable bonds is 52. The van der Waals surface area contributed by atoms with Gasteiger partial charge in [0.1, 0.15) is 6.10 Å². The van der Waals surface area contributed by atoms with Crippen molar-refractivity contribution in [3.8, 4) is 0 Å². The summed E-state index contributed by atoms with van der Waals surface area (Å²) < 4.78 is 5.94. The topological polar surface area (TPSA) is 95.9 Å². The summed E-state index contributed by atoms with van der Waals surface area (Å²) in [5.41, 5.74) is 0. The number of carbonyl (C=O) groups excluding carboxylic acids is 2. The van der Waals surface area contributed by atoms with Gasteiger partial charge in [-0.25, -0.2) is 0 Å². The highest BCUT2D eigenvalue weighted by Crippen LogP contribution is 2.19. The summed E-state index contributed by atoms with van der Waals surface area (Å²) in [4.78, 5) is 26.2. The van der Waals surface area contributed by atoms with Crippen molar-refractivity contribution in [2.24, 2.45) is 0 Å². The third-order valence-electron chi connectivity index (χ3n) is 13.3. The third kappa shape index (κ3) is 46.9. The third-order valence-corrected chi connectivity index (χ3v) is 13.3. The van der Waals surface area contributed by atoms with E-state index in [4.69, 9.17) is 4.74 Å². The van der Waals surface area contributed by atoms with Gasteiger partial charge in [-0.2, -0.15) is 0 Å². The molecule has 0 rings (SSSR count). The first kappa shape index (κ1) is 62.3. The molecular weight excluding hydrogens is 791 g/mol. The van der Waals surface area contributed by atoms with Crippen LogP contribution in [0.1, 0.15) is 310 Å². The van der Waals surface area contributed by atoms with Gasteiger partial charge in [-0.05, 0) is 51.4 Å². The van der Waals surface area contributed by atoms with Gasteiger partial charge in [0.25, 0.3) is 0 Å². The van der Waals surface area contributed by atoms with Gasteiger partial charge < -0.3 is 20.3 Å². The zero-order valence-corrected chi connectivity index (χ0v) is 43.2. The minimum atomic E-state index is -0.789. The number of amides is 1. The van der Waals surface area contributed by atoms with E-state index in [9.17, 15) is 19.8 Å². The first-order valence-electron chi connectivity index (χ1n) is 28.6. The second kappa shape index (κ2) is 52.3. The van der Waals surface area contributed by atoms with Crippen molar-refractivity contribution >= 4 is 11.9 Å². The Morgan fingerprint density at radius 2 is 0.781 bits per heavy atom. The van der Waals surface area contributed by atoms with Crippen LogP contribution in [-0.4, -0.2) is 46.9 Å². The SMILES string of the molecule is CCCCCCCCC/C=C/C=C/CCCCCC(=O)OC(CCCCCCCCCCCCCC)CC(=O)NC(CO)C(O)CCCCCCCCCCCCCCCCCCC. The van der Waals surface area contributed by atoms with Crippen LogP contribution >= 0.6 is 0 Å². The quantitative estimate of drug-likeness (QED) is 0.0321. The molecular formula is C58H111NO5. The molecule has 3 unspecified atom stereocenters. The van der Waals surface area contributed by atoms with Crippen LogP contribution in [0.2, 0.25) is 0 Å². The van der Waals surface area contributed by atoms with Crippen LogP contribution in [0.5, 0.6) is 0 Å². The predicted octanol–water partition coefficient (Wildman–Crippen LogP) is 17.5. The first-order chi connectivity index (χ1) is 31.5. The van der Waals surface area contributed by atoms with Crippen molar-refractivity contribution in [3.05, 3.63) is 24.3 Å². The van der Waals surface area contributed by atoms with Crippen molar-refractivity contribution in [1.82, 2.24) is 5.32 Å². The maximum Gasteiger partial charge on any atom is 0.306 e. The summed E-state index contributed by atoms with van der Waals surface area (Å²) in [5, 5.41) is 23.9. The van der Waals surface area contributed by atoms with Crippen molar-refractivity contribution in [3.63, 3.8) is 0 Å². The number of hydrogen-bond acceptors (Lipinski definition) is 5. The highest BCUT2D eigenvalue weighted by molar-refractivity contribution is 5.77. The molecule has 0 fully saturated rings. The Morgan fingerprint density at radius 3 is 1.16 bits per heavy atom. The highest BCUT2D eigenvalue weighted by atomic mass is 16.5. The average Bonchev–Trinajstić information content (AvgIpc) is 3.29. The Labute approximate surface area is 399 Å². The normalized spacial score (nSPS) is 13.3. The molecule has 1 amide bonds. The Balaban J connectivity index is 4.50. The molecule has 0 aromatic rings. The van der Waals surface area contributed by atoms with Gasteiger partial charge >= 0.3 is 5.97 Å². The van der Waals surface area contributed by atoms with Crippen molar-refractivity contribution in [1.29, 1.82) is 0 Å². The number of carbonyl (C=O) groups is 2. The zero-order chi connectivity index (χ0) is 46.7. The summed E-state index contributed by atoms with van der Waals surface area (Å²) in [5.74, 6) is -0.487. The van der Waals surface area contributed by atoms with E-state index in [1.165, 1.54) is 205 Å². The van der Waals surface area contributed by atoms with Crippen molar-refractivity contribution in [2.75, 3.05) is 6.61 Å². The molecule has 6 heteroatoms. The van der Waals surface area contributed by atoms with Gasteiger partial charge in [-0.1, -0.05) is 270 Å². The van der Waals surface area contributed by atoms with Crippen LogP contribution in [0.15, 0.2) is 24.3 Å². The van der Waals surface area contributed by atoms with Crippen LogP contribution in [-0.2, 0) is 14.3 Å². The number of esters is 1. The fraction of sp³-hybridized carbons (Fsp3) is 0.897. The Morgan fingerprint density at radius 1 is 0.453 bits per heavy atom.